The average molecular weight is 292 g/mol. The van der Waals surface area contributed by atoms with Crippen LogP contribution >= 0.6 is 0 Å². The van der Waals surface area contributed by atoms with Crippen molar-refractivity contribution in [2.24, 2.45) is 11.3 Å². The van der Waals surface area contributed by atoms with E-state index in [4.69, 9.17) is 9.47 Å². The van der Waals surface area contributed by atoms with Crippen molar-refractivity contribution in [3.05, 3.63) is 48.6 Å². The second-order valence-electron chi connectivity index (χ2n) is 5.40. The summed E-state index contributed by atoms with van der Waals surface area (Å²) in [5.41, 5.74) is -0.0665. The molecule has 1 rings (SSSR count). The van der Waals surface area contributed by atoms with Gasteiger partial charge >= 0.3 is 5.97 Å². The maximum Gasteiger partial charge on any atom is 0.318 e. The molecular formula is C17H24O4. The maximum absolute atomic E-state index is 11.8. The van der Waals surface area contributed by atoms with E-state index in [1.54, 1.807) is 6.92 Å². The van der Waals surface area contributed by atoms with E-state index >= 15 is 0 Å². The first kappa shape index (κ1) is 17.4. The SMILES string of the molecule is C=C[C@@](C)(C(=O)OC)[C@@H](O)[C@@H](C)COCc1ccccc1. The number of aliphatic hydroxyl groups excluding tert-OH is 1. The monoisotopic (exact) mass is 292 g/mol. The minimum Gasteiger partial charge on any atom is -0.468 e. The molecule has 116 valence electrons. The van der Waals surface area contributed by atoms with E-state index in [0.717, 1.165) is 5.56 Å². The molecule has 0 aromatic heterocycles. The summed E-state index contributed by atoms with van der Waals surface area (Å²) in [6.07, 6.45) is 0.509. The number of esters is 1. The summed E-state index contributed by atoms with van der Waals surface area (Å²) in [6.45, 7) is 7.90. The minimum atomic E-state index is -1.13. The highest BCUT2D eigenvalue weighted by molar-refractivity contribution is 5.79. The molecule has 3 atom stereocenters. The first-order valence-corrected chi connectivity index (χ1v) is 6.97. The molecule has 1 N–H and O–H groups in total. The fourth-order valence-corrected chi connectivity index (χ4v) is 2.16. The number of ether oxygens (including phenoxy) is 2. The smallest absolute Gasteiger partial charge is 0.318 e. The van der Waals surface area contributed by atoms with Gasteiger partial charge < -0.3 is 14.6 Å². The van der Waals surface area contributed by atoms with E-state index in [0.29, 0.717) is 13.2 Å². The predicted molar refractivity (Wildman–Crippen MR) is 81.6 cm³/mol. The Hall–Kier alpha value is -1.65. The summed E-state index contributed by atoms with van der Waals surface area (Å²) in [4.78, 5) is 11.8. The second-order valence-corrected chi connectivity index (χ2v) is 5.40. The summed E-state index contributed by atoms with van der Waals surface area (Å²) in [6, 6.07) is 9.79. The molecule has 4 nitrogen and oxygen atoms in total. The summed E-state index contributed by atoms with van der Waals surface area (Å²) in [5, 5.41) is 10.4. The molecule has 4 heteroatoms. The Bertz CT molecular complexity index is 457. The average Bonchev–Trinajstić information content (AvgIpc) is 2.53. The molecule has 0 heterocycles. The number of hydrogen-bond donors (Lipinski definition) is 1. The number of benzene rings is 1. The van der Waals surface area contributed by atoms with E-state index in [1.807, 2.05) is 37.3 Å². The van der Waals surface area contributed by atoms with Gasteiger partial charge in [-0.05, 0) is 12.5 Å². The first-order valence-electron chi connectivity index (χ1n) is 6.97. The van der Waals surface area contributed by atoms with Gasteiger partial charge in [0.15, 0.2) is 0 Å². The Kier molecular flexibility index (Phi) is 6.59. The minimum absolute atomic E-state index is 0.226. The van der Waals surface area contributed by atoms with Gasteiger partial charge in [-0.15, -0.1) is 6.58 Å². The number of aliphatic hydroxyl groups is 1. The fraction of sp³-hybridized carbons (Fsp3) is 0.471. The number of hydrogen-bond acceptors (Lipinski definition) is 4. The van der Waals surface area contributed by atoms with Crippen LogP contribution in [0.1, 0.15) is 19.4 Å². The Morgan fingerprint density at radius 1 is 1.43 bits per heavy atom. The Morgan fingerprint density at radius 3 is 2.57 bits per heavy atom. The number of methoxy groups -OCH3 is 1. The van der Waals surface area contributed by atoms with Crippen molar-refractivity contribution in [3.8, 4) is 0 Å². The van der Waals surface area contributed by atoms with Gasteiger partial charge in [0.2, 0.25) is 0 Å². The van der Waals surface area contributed by atoms with E-state index in [9.17, 15) is 9.90 Å². The van der Waals surface area contributed by atoms with Crippen molar-refractivity contribution in [2.45, 2.75) is 26.6 Å². The molecule has 1 aromatic carbocycles. The molecular weight excluding hydrogens is 268 g/mol. The van der Waals surface area contributed by atoms with Gasteiger partial charge in [0, 0.05) is 5.92 Å². The molecule has 0 amide bonds. The van der Waals surface area contributed by atoms with Crippen LogP contribution in [-0.2, 0) is 20.9 Å². The highest BCUT2D eigenvalue weighted by atomic mass is 16.5. The summed E-state index contributed by atoms with van der Waals surface area (Å²) < 4.78 is 10.3. The van der Waals surface area contributed by atoms with Gasteiger partial charge in [-0.3, -0.25) is 4.79 Å². The van der Waals surface area contributed by atoms with Crippen molar-refractivity contribution in [2.75, 3.05) is 13.7 Å². The van der Waals surface area contributed by atoms with Crippen LogP contribution in [-0.4, -0.2) is 30.9 Å². The Balaban J connectivity index is 2.55. The molecule has 21 heavy (non-hydrogen) atoms. The third kappa shape index (κ3) is 4.41. The topological polar surface area (TPSA) is 55.8 Å². The van der Waals surface area contributed by atoms with Crippen LogP contribution in [0.3, 0.4) is 0 Å². The lowest BCUT2D eigenvalue weighted by Gasteiger charge is -2.32. The Morgan fingerprint density at radius 2 is 2.05 bits per heavy atom. The van der Waals surface area contributed by atoms with E-state index < -0.39 is 17.5 Å². The lowest BCUT2D eigenvalue weighted by atomic mass is 9.78. The van der Waals surface area contributed by atoms with E-state index in [1.165, 1.54) is 13.2 Å². The number of rotatable bonds is 8. The summed E-state index contributed by atoms with van der Waals surface area (Å²) >= 11 is 0. The first-order chi connectivity index (χ1) is 9.95. The third-order valence-corrected chi connectivity index (χ3v) is 3.69. The molecule has 0 saturated heterocycles. The van der Waals surface area contributed by atoms with Gasteiger partial charge in [0.1, 0.15) is 5.41 Å². The van der Waals surface area contributed by atoms with Crippen LogP contribution in [0.25, 0.3) is 0 Å². The van der Waals surface area contributed by atoms with E-state index in [-0.39, 0.29) is 5.92 Å². The molecule has 0 unspecified atom stereocenters. The van der Waals surface area contributed by atoms with Gasteiger partial charge in [0.05, 0.1) is 26.4 Å². The zero-order chi connectivity index (χ0) is 15.9. The number of carbonyl (C=O) groups is 1. The van der Waals surface area contributed by atoms with Crippen LogP contribution in [0.4, 0.5) is 0 Å². The van der Waals surface area contributed by atoms with Crippen LogP contribution in [0, 0.1) is 11.3 Å². The van der Waals surface area contributed by atoms with Crippen LogP contribution in [0.5, 0.6) is 0 Å². The van der Waals surface area contributed by atoms with Gasteiger partial charge in [-0.1, -0.05) is 43.3 Å². The largest absolute Gasteiger partial charge is 0.468 e. The fourth-order valence-electron chi connectivity index (χ4n) is 2.16. The van der Waals surface area contributed by atoms with Crippen molar-refractivity contribution in [1.82, 2.24) is 0 Å². The zero-order valence-corrected chi connectivity index (χ0v) is 12.9. The molecule has 0 bridgehead atoms. The zero-order valence-electron chi connectivity index (χ0n) is 12.9. The normalized spacial score (nSPS) is 16.6. The molecule has 0 aliphatic carbocycles. The standard InChI is InChI=1S/C17H24O4/c1-5-17(3,16(19)20-4)15(18)13(2)11-21-12-14-9-7-6-8-10-14/h5-10,13,15,18H,1,11-12H2,2-4H3/t13-,15-,17+/m0/s1. The maximum atomic E-state index is 11.8. The third-order valence-electron chi connectivity index (χ3n) is 3.69. The highest BCUT2D eigenvalue weighted by Crippen LogP contribution is 2.29. The highest BCUT2D eigenvalue weighted by Gasteiger charge is 2.41. The summed E-state index contributed by atoms with van der Waals surface area (Å²) in [5.74, 6) is -0.726. The van der Waals surface area contributed by atoms with Crippen LogP contribution in [0.2, 0.25) is 0 Å². The van der Waals surface area contributed by atoms with Gasteiger partial charge in [0.25, 0.3) is 0 Å². The molecule has 0 saturated carbocycles. The molecule has 0 aliphatic rings. The van der Waals surface area contributed by atoms with Crippen LogP contribution < -0.4 is 0 Å². The summed E-state index contributed by atoms with van der Waals surface area (Å²) in [7, 11) is 1.30. The van der Waals surface area contributed by atoms with E-state index in [2.05, 4.69) is 6.58 Å². The lowest BCUT2D eigenvalue weighted by molar-refractivity contribution is -0.157. The molecule has 0 radical (unpaired) electrons. The van der Waals surface area contributed by atoms with Crippen molar-refractivity contribution in [3.63, 3.8) is 0 Å². The van der Waals surface area contributed by atoms with Crippen molar-refractivity contribution < 1.29 is 19.4 Å². The molecule has 0 aliphatic heterocycles. The lowest BCUT2D eigenvalue weighted by Crippen LogP contribution is -2.43. The van der Waals surface area contributed by atoms with Gasteiger partial charge in [-0.2, -0.15) is 0 Å². The molecule has 0 fully saturated rings. The van der Waals surface area contributed by atoms with Gasteiger partial charge in [-0.25, -0.2) is 0 Å². The molecule has 1 aromatic rings. The second kappa shape index (κ2) is 7.96. The predicted octanol–water partition coefficient (Wildman–Crippen LogP) is 2.57. The Labute approximate surface area is 126 Å². The quantitative estimate of drug-likeness (QED) is 0.591. The number of carbonyl (C=O) groups excluding carboxylic acids is 1. The molecule has 0 spiro atoms. The van der Waals surface area contributed by atoms with Crippen molar-refractivity contribution >= 4 is 5.97 Å². The van der Waals surface area contributed by atoms with Crippen molar-refractivity contribution in [1.29, 1.82) is 0 Å². The van der Waals surface area contributed by atoms with Crippen LogP contribution in [0.15, 0.2) is 43.0 Å².